The Bertz CT molecular complexity index is 417. The van der Waals surface area contributed by atoms with Gasteiger partial charge < -0.3 is 5.32 Å². The molecule has 4 heteroatoms. The summed E-state index contributed by atoms with van der Waals surface area (Å²) in [5.41, 5.74) is 1.85. The number of hydrogen-bond acceptors (Lipinski definition) is 2. The van der Waals surface area contributed by atoms with E-state index in [1.54, 1.807) is 6.07 Å². The van der Waals surface area contributed by atoms with Crippen molar-refractivity contribution in [1.82, 2.24) is 10.2 Å². The van der Waals surface area contributed by atoms with Gasteiger partial charge in [-0.2, -0.15) is 0 Å². The summed E-state index contributed by atoms with van der Waals surface area (Å²) in [7, 11) is 0. The summed E-state index contributed by atoms with van der Waals surface area (Å²) < 4.78 is 13.8. The standard InChI is InChI=1S/C16H25FN2.ClH/c1-12(2)10-16(19-8-6-18-7-9-19)14-5-4-13(3)15(17)11-14;/h4-5,11-12,16,18H,6-10H2,1-3H3;1H/t16-;/m1./s1. The summed E-state index contributed by atoms with van der Waals surface area (Å²) in [5, 5.41) is 3.38. The first-order valence-corrected chi connectivity index (χ1v) is 7.28. The van der Waals surface area contributed by atoms with E-state index >= 15 is 0 Å². The van der Waals surface area contributed by atoms with E-state index in [1.807, 2.05) is 13.0 Å². The topological polar surface area (TPSA) is 15.3 Å². The average molecular weight is 301 g/mol. The third kappa shape index (κ3) is 4.44. The molecule has 0 spiro atoms. The maximum atomic E-state index is 13.8. The fourth-order valence-corrected chi connectivity index (χ4v) is 2.75. The Balaban J connectivity index is 0.00000200. The first-order valence-electron chi connectivity index (χ1n) is 7.28. The summed E-state index contributed by atoms with van der Waals surface area (Å²) in [4.78, 5) is 2.49. The lowest BCUT2D eigenvalue weighted by atomic mass is 9.94. The Labute approximate surface area is 128 Å². The van der Waals surface area contributed by atoms with Crippen LogP contribution in [0.2, 0.25) is 0 Å². The largest absolute Gasteiger partial charge is 0.314 e. The van der Waals surface area contributed by atoms with E-state index in [0.29, 0.717) is 12.0 Å². The third-order valence-corrected chi connectivity index (χ3v) is 3.87. The molecule has 2 rings (SSSR count). The van der Waals surface area contributed by atoms with Crippen molar-refractivity contribution in [3.63, 3.8) is 0 Å². The minimum atomic E-state index is -0.0820. The molecule has 0 radical (unpaired) electrons. The van der Waals surface area contributed by atoms with Crippen LogP contribution in [-0.4, -0.2) is 31.1 Å². The zero-order valence-electron chi connectivity index (χ0n) is 12.7. The minimum absolute atomic E-state index is 0. The first kappa shape index (κ1) is 17.4. The lowest BCUT2D eigenvalue weighted by molar-refractivity contribution is 0.154. The van der Waals surface area contributed by atoms with E-state index in [4.69, 9.17) is 0 Å². The first-order chi connectivity index (χ1) is 9.08. The Morgan fingerprint density at radius 2 is 1.90 bits per heavy atom. The molecule has 0 bridgehead atoms. The number of piperazine rings is 1. The van der Waals surface area contributed by atoms with Gasteiger partial charge in [0.1, 0.15) is 5.82 Å². The summed E-state index contributed by atoms with van der Waals surface area (Å²) in [6.07, 6.45) is 1.09. The van der Waals surface area contributed by atoms with Crippen molar-refractivity contribution in [1.29, 1.82) is 0 Å². The van der Waals surface area contributed by atoms with Crippen molar-refractivity contribution in [3.8, 4) is 0 Å². The molecule has 1 aromatic rings. The van der Waals surface area contributed by atoms with Crippen LogP contribution in [0, 0.1) is 18.7 Å². The Morgan fingerprint density at radius 3 is 2.45 bits per heavy atom. The lowest BCUT2D eigenvalue weighted by Gasteiger charge is -2.36. The number of nitrogens with zero attached hydrogens (tertiary/aromatic N) is 1. The van der Waals surface area contributed by atoms with Crippen LogP contribution in [0.25, 0.3) is 0 Å². The summed E-state index contributed by atoms with van der Waals surface area (Å²) >= 11 is 0. The molecule has 1 aliphatic heterocycles. The Hall–Kier alpha value is -0.640. The van der Waals surface area contributed by atoms with Crippen LogP contribution in [0.3, 0.4) is 0 Å². The van der Waals surface area contributed by atoms with Gasteiger partial charge in [-0.1, -0.05) is 26.0 Å². The second-order valence-corrected chi connectivity index (χ2v) is 5.94. The molecule has 1 atom stereocenters. The van der Waals surface area contributed by atoms with Crippen LogP contribution >= 0.6 is 12.4 Å². The number of aryl methyl sites for hydroxylation is 1. The molecular formula is C16H26ClFN2. The summed E-state index contributed by atoms with van der Waals surface area (Å²) in [6, 6.07) is 6.06. The molecular weight excluding hydrogens is 275 g/mol. The number of hydrogen-bond donors (Lipinski definition) is 1. The van der Waals surface area contributed by atoms with Gasteiger partial charge in [-0.25, -0.2) is 4.39 Å². The van der Waals surface area contributed by atoms with Gasteiger partial charge in [0, 0.05) is 32.2 Å². The predicted molar refractivity (Wildman–Crippen MR) is 85.0 cm³/mol. The normalized spacial score (nSPS) is 17.9. The van der Waals surface area contributed by atoms with Gasteiger partial charge >= 0.3 is 0 Å². The molecule has 1 aliphatic rings. The van der Waals surface area contributed by atoms with Gasteiger partial charge in [-0.15, -0.1) is 12.4 Å². The van der Waals surface area contributed by atoms with E-state index in [1.165, 1.54) is 0 Å². The van der Waals surface area contributed by atoms with Crippen molar-refractivity contribution in [2.75, 3.05) is 26.2 Å². The maximum absolute atomic E-state index is 13.8. The van der Waals surface area contributed by atoms with Gasteiger partial charge in [0.2, 0.25) is 0 Å². The fourth-order valence-electron chi connectivity index (χ4n) is 2.75. The second-order valence-electron chi connectivity index (χ2n) is 5.94. The summed E-state index contributed by atoms with van der Waals surface area (Å²) in [5.74, 6) is 0.533. The monoisotopic (exact) mass is 300 g/mol. The van der Waals surface area contributed by atoms with Crippen LogP contribution in [0.5, 0.6) is 0 Å². The Morgan fingerprint density at radius 1 is 1.25 bits per heavy atom. The molecule has 1 heterocycles. The molecule has 20 heavy (non-hydrogen) atoms. The number of benzene rings is 1. The maximum Gasteiger partial charge on any atom is 0.126 e. The fraction of sp³-hybridized carbons (Fsp3) is 0.625. The van der Waals surface area contributed by atoms with Crippen molar-refractivity contribution in [2.24, 2.45) is 5.92 Å². The smallest absolute Gasteiger partial charge is 0.126 e. The quantitative estimate of drug-likeness (QED) is 0.915. The summed E-state index contributed by atoms with van der Waals surface area (Å²) in [6.45, 7) is 10.5. The molecule has 0 amide bonds. The highest BCUT2D eigenvalue weighted by Crippen LogP contribution is 2.29. The highest BCUT2D eigenvalue weighted by Gasteiger charge is 2.23. The molecule has 0 saturated carbocycles. The van der Waals surface area contributed by atoms with Crippen LogP contribution in [0.15, 0.2) is 18.2 Å². The van der Waals surface area contributed by atoms with Crippen molar-refractivity contribution in [3.05, 3.63) is 35.1 Å². The van der Waals surface area contributed by atoms with E-state index in [-0.39, 0.29) is 18.2 Å². The van der Waals surface area contributed by atoms with Crippen LogP contribution in [0.1, 0.15) is 37.4 Å². The zero-order valence-corrected chi connectivity index (χ0v) is 13.5. The highest BCUT2D eigenvalue weighted by atomic mass is 35.5. The van der Waals surface area contributed by atoms with E-state index in [2.05, 4.69) is 30.1 Å². The lowest BCUT2D eigenvalue weighted by Crippen LogP contribution is -2.45. The van der Waals surface area contributed by atoms with Gasteiger partial charge in [0.15, 0.2) is 0 Å². The molecule has 2 nitrogen and oxygen atoms in total. The second kappa shape index (κ2) is 7.96. The number of nitrogens with one attached hydrogen (secondary N) is 1. The van der Waals surface area contributed by atoms with Crippen LogP contribution < -0.4 is 5.32 Å². The van der Waals surface area contributed by atoms with Gasteiger partial charge in [-0.3, -0.25) is 4.90 Å². The molecule has 0 unspecified atom stereocenters. The number of rotatable bonds is 4. The van der Waals surface area contributed by atoms with Crippen molar-refractivity contribution < 1.29 is 4.39 Å². The van der Waals surface area contributed by atoms with Crippen LogP contribution in [0.4, 0.5) is 4.39 Å². The van der Waals surface area contributed by atoms with Crippen LogP contribution in [-0.2, 0) is 0 Å². The molecule has 0 aliphatic carbocycles. The zero-order chi connectivity index (χ0) is 13.8. The van der Waals surface area contributed by atoms with Gasteiger partial charge in [0.25, 0.3) is 0 Å². The number of halogens is 2. The van der Waals surface area contributed by atoms with Gasteiger partial charge in [0.05, 0.1) is 0 Å². The van der Waals surface area contributed by atoms with Crippen molar-refractivity contribution in [2.45, 2.75) is 33.2 Å². The molecule has 1 saturated heterocycles. The van der Waals surface area contributed by atoms with E-state index < -0.39 is 0 Å². The molecule has 1 N–H and O–H groups in total. The SMILES string of the molecule is Cc1ccc([C@@H](CC(C)C)N2CCNCC2)cc1F.Cl. The molecule has 0 aromatic heterocycles. The van der Waals surface area contributed by atoms with Crippen molar-refractivity contribution >= 4 is 12.4 Å². The van der Waals surface area contributed by atoms with E-state index in [0.717, 1.165) is 43.7 Å². The molecule has 114 valence electrons. The minimum Gasteiger partial charge on any atom is -0.314 e. The van der Waals surface area contributed by atoms with E-state index in [9.17, 15) is 4.39 Å². The average Bonchev–Trinajstić information content (AvgIpc) is 2.40. The predicted octanol–water partition coefficient (Wildman–Crippen LogP) is 3.55. The Kier molecular flexibility index (Phi) is 6.93. The third-order valence-electron chi connectivity index (χ3n) is 3.87. The molecule has 1 aromatic carbocycles. The van der Waals surface area contributed by atoms with Gasteiger partial charge in [-0.05, 0) is 36.5 Å². The highest BCUT2D eigenvalue weighted by molar-refractivity contribution is 5.85. The molecule has 1 fully saturated rings.